The molecule has 0 saturated carbocycles. The Morgan fingerprint density at radius 1 is 1.18 bits per heavy atom. The fraction of sp³-hybridized carbons (Fsp3) is 0.176. The second-order valence-corrected chi connectivity index (χ2v) is 6.14. The minimum absolute atomic E-state index is 0.105. The largest absolute Gasteiger partial charge is 0.342 e. The van der Waals surface area contributed by atoms with Gasteiger partial charge in [0, 0.05) is 17.1 Å². The van der Waals surface area contributed by atoms with Crippen LogP contribution in [0.15, 0.2) is 53.0 Å². The number of para-hydroxylation sites is 2. The number of fused-ring (bicyclic) bond motifs is 1. The van der Waals surface area contributed by atoms with E-state index in [0.717, 1.165) is 21.3 Å². The van der Waals surface area contributed by atoms with Crippen LogP contribution in [-0.4, -0.2) is 15.5 Å². The summed E-state index contributed by atoms with van der Waals surface area (Å²) in [4.78, 5) is 16.9. The van der Waals surface area contributed by atoms with Crippen molar-refractivity contribution in [2.45, 2.75) is 13.0 Å². The first kappa shape index (κ1) is 14.8. The van der Waals surface area contributed by atoms with Crippen LogP contribution in [0.5, 0.6) is 0 Å². The molecule has 5 heteroatoms. The van der Waals surface area contributed by atoms with Crippen LogP contribution in [0.4, 0.5) is 0 Å². The molecule has 1 N–H and O–H groups in total. The molecule has 0 bridgehead atoms. The zero-order valence-corrected chi connectivity index (χ0v) is 14.0. The lowest BCUT2D eigenvalue weighted by Gasteiger charge is -2.14. The monoisotopic (exact) mass is 357 g/mol. The first-order valence-electron chi connectivity index (χ1n) is 7.04. The molecule has 1 unspecified atom stereocenters. The summed E-state index contributed by atoms with van der Waals surface area (Å²) in [5, 5.41) is 3.00. The number of amides is 1. The molecule has 1 atom stereocenters. The number of imidazole rings is 1. The van der Waals surface area contributed by atoms with Crippen molar-refractivity contribution in [3.8, 4) is 0 Å². The van der Waals surface area contributed by atoms with E-state index in [1.807, 2.05) is 54.9 Å². The number of hydrogen-bond acceptors (Lipinski definition) is 2. The smallest absolute Gasteiger partial charge is 0.251 e. The molecule has 3 rings (SSSR count). The maximum absolute atomic E-state index is 12.3. The number of halogens is 1. The summed E-state index contributed by atoms with van der Waals surface area (Å²) in [5.41, 5.74) is 2.63. The Balaban J connectivity index is 1.83. The zero-order chi connectivity index (χ0) is 15.7. The van der Waals surface area contributed by atoms with Crippen molar-refractivity contribution in [1.82, 2.24) is 14.9 Å². The Kier molecular flexibility index (Phi) is 3.98. The van der Waals surface area contributed by atoms with E-state index < -0.39 is 0 Å². The molecule has 0 aliphatic rings. The maximum Gasteiger partial charge on any atom is 0.251 e. The van der Waals surface area contributed by atoms with Crippen LogP contribution in [0.2, 0.25) is 0 Å². The van der Waals surface area contributed by atoms with Gasteiger partial charge >= 0.3 is 0 Å². The molecule has 1 heterocycles. The van der Waals surface area contributed by atoms with E-state index in [-0.39, 0.29) is 11.9 Å². The SMILES string of the molecule is CC(NC(=O)c1ccc(Br)cc1)c1nc2ccccc2n1C. The Hall–Kier alpha value is -2.14. The van der Waals surface area contributed by atoms with Crippen molar-refractivity contribution in [1.29, 1.82) is 0 Å². The summed E-state index contributed by atoms with van der Waals surface area (Å²) in [6, 6.07) is 15.1. The van der Waals surface area contributed by atoms with Crippen molar-refractivity contribution < 1.29 is 4.79 Å². The average Bonchev–Trinajstić information content (AvgIpc) is 2.85. The molecule has 0 fully saturated rings. The molecule has 22 heavy (non-hydrogen) atoms. The van der Waals surface area contributed by atoms with Crippen molar-refractivity contribution in [2.24, 2.45) is 7.05 Å². The number of aryl methyl sites for hydroxylation is 1. The summed E-state index contributed by atoms with van der Waals surface area (Å²) in [7, 11) is 1.97. The van der Waals surface area contributed by atoms with Gasteiger partial charge in [-0.3, -0.25) is 4.79 Å². The fourth-order valence-electron chi connectivity index (χ4n) is 2.50. The molecule has 3 aromatic rings. The van der Waals surface area contributed by atoms with Crippen LogP contribution in [0.1, 0.15) is 29.1 Å². The highest BCUT2D eigenvalue weighted by atomic mass is 79.9. The second kappa shape index (κ2) is 5.93. The van der Waals surface area contributed by atoms with Gasteiger partial charge in [-0.05, 0) is 43.3 Å². The van der Waals surface area contributed by atoms with Gasteiger partial charge in [-0.2, -0.15) is 0 Å². The van der Waals surface area contributed by atoms with E-state index in [0.29, 0.717) is 5.56 Å². The minimum Gasteiger partial charge on any atom is -0.342 e. The van der Waals surface area contributed by atoms with Gasteiger partial charge in [-0.25, -0.2) is 4.98 Å². The highest BCUT2D eigenvalue weighted by Gasteiger charge is 2.17. The number of rotatable bonds is 3. The number of hydrogen-bond donors (Lipinski definition) is 1. The molecule has 1 aromatic heterocycles. The van der Waals surface area contributed by atoms with Gasteiger partial charge in [0.2, 0.25) is 0 Å². The van der Waals surface area contributed by atoms with Crippen molar-refractivity contribution >= 4 is 32.9 Å². The summed E-state index contributed by atoms with van der Waals surface area (Å²) < 4.78 is 2.97. The summed E-state index contributed by atoms with van der Waals surface area (Å²) in [6.45, 7) is 1.94. The first-order chi connectivity index (χ1) is 10.6. The van der Waals surface area contributed by atoms with Gasteiger partial charge in [0.15, 0.2) is 0 Å². The van der Waals surface area contributed by atoms with E-state index in [1.165, 1.54) is 0 Å². The molecule has 2 aromatic carbocycles. The van der Waals surface area contributed by atoms with E-state index in [1.54, 1.807) is 12.1 Å². The molecule has 0 saturated heterocycles. The van der Waals surface area contributed by atoms with Crippen molar-refractivity contribution in [3.05, 3.63) is 64.4 Å². The van der Waals surface area contributed by atoms with Crippen LogP contribution >= 0.6 is 15.9 Å². The molecule has 1 amide bonds. The highest BCUT2D eigenvalue weighted by Crippen LogP contribution is 2.19. The Morgan fingerprint density at radius 3 is 2.55 bits per heavy atom. The fourth-order valence-corrected chi connectivity index (χ4v) is 2.76. The Labute approximate surface area is 137 Å². The summed E-state index contributed by atoms with van der Waals surface area (Å²) >= 11 is 3.37. The molecular weight excluding hydrogens is 342 g/mol. The van der Waals surface area contributed by atoms with Gasteiger partial charge in [0.1, 0.15) is 5.82 Å². The molecule has 112 valence electrons. The Bertz CT molecular complexity index is 824. The van der Waals surface area contributed by atoms with E-state index in [4.69, 9.17) is 0 Å². The van der Waals surface area contributed by atoms with Crippen LogP contribution in [0.25, 0.3) is 11.0 Å². The molecule has 0 aliphatic carbocycles. The second-order valence-electron chi connectivity index (χ2n) is 5.22. The third kappa shape index (κ3) is 2.76. The third-order valence-corrected chi connectivity index (χ3v) is 4.19. The third-order valence-electron chi connectivity index (χ3n) is 3.66. The normalized spacial score (nSPS) is 12.3. The predicted molar refractivity (Wildman–Crippen MR) is 90.7 cm³/mol. The van der Waals surface area contributed by atoms with E-state index in [9.17, 15) is 4.79 Å². The lowest BCUT2D eigenvalue weighted by atomic mass is 10.2. The van der Waals surface area contributed by atoms with Gasteiger partial charge in [-0.1, -0.05) is 28.1 Å². The number of nitrogens with one attached hydrogen (secondary N) is 1. The van der Waals surface area contributed by atoms with Gasteiger partial charge in [0.25, 0.3) is 5.91 Å². The van der Waals surface area contributed by atoms with Crippen LogP contribution in [0.3, 0.4) is 0 Å². The van der Waals surface area contributed by atoms with Crippen molar-refractivity contribution in [2.75, 3.05) is 0 Å². The Morgan fingerprint density at radius 2 is 1.86 bits per heavy atom. The number of carbonyl (C=O) groups excluding carboxylic acids is 1. The average molecular weight is 358 g/mol. The predicted octanol–water partition coefficient (Wildman–Crippen LogP) is 3.83. The summed E-state index contributed by atoms with van der Waals surface area (Å²) in [5.74, 6) is 0.735. The molecule has 0 radical (unpaired) electrons. The first-order valence-corrected chi connectivity index (χ1v) is 7.83. The number of benzene rings is 2. The van der Waals surface area contributed by atoms with Gasteiger partial charge in [-0.15, -0.1) is 0 Å². The topological polar surface area (TPSA) is 46.9 Å². The van der Waals surface area contributed by atoms with Crippen LogP contribution < -0.4 is 5.32 Å². The zero-order valence-electron chi connectivity index (χ0n) is 12.4. The highest BCUT2D eigenvalue weighted by molar-refractivity contribution is 9.10. The van der Waals surface area contributed by atoms with Crippen LogP contribution in [-0.2, 0) is 7.05 Å². The van der Waals surface area contributed by atoms with Gasteiger partial charge in [0.05, 0.1) is 17.1 Å². The molecule has 4 nitrogen and oxygen atoms in total. The number of nitrogens with zero attached hydrogens (tertiary/aromatic N) is 2. The maximum atomic E-state index is 12.3. The molecule has 0 spiro atoms. The van der Waals surface area contributed by atoms with Gasteiger partial charge < -0.3 is 9.88 Å². The van der Waals surface area contributed by atoms with E-state index >= 15 is 0 Å². The minimum atomic E-state index is -0.173. The quantitative estimate of drug-likeness (QED) is 0.774. The standard InChI is InChI=1S/C17H16BrN3O/c1-11(19-17(22)12-7-9-13(18)10-8-12)16-20-14-5-3-4-6-15(14)21(16)2/h3-11H,1-2H3,(H,19,22). The molecule has 0 aliphatic heterocycles. The summed E-state index contributed by atoms with van der Waals surface area (Å²) in [6.07, 6.45) is 0. The van der Waals surface area contributed by atoms with Crippen LogP contribution in [0, 0.1) is 0 Å². The lowest BCUT2D eigenvalue weighted by molar-refractivity contribution is 0.0938. The lowest BCUT2D eigenvalue weighted by Crippen LogP contribution is -2.28. The number of carbonyl (C=O) groups is 1. The van der Waals surface area contributed by atoms with Crippen molar-refractivity contribution in [3.63, 3.8) is 0 Å². The molecular formula is C17H16BrN3O. The van der Waals surface area contributed by atoms with E-state index in [2.05, 4.69) is 26.2 Å². The number of aromatic nitrogens is 2.